The summed E-state index contributed by atoms with van der Waals surface area (Å²) in [6.07, 6.45) is 9.92. The van der Waals surface area contributed by atoms with Crippen LogP contribution in [0.15, 0.2) is 0 Å². The van der Waals surface area contributed by atoms with Crippen LogP contribution in [0.2, 0.25) is 0 Å². The molecule has 94 valence electrons. The molecule has 2 heteroatoms. The molecule has 0 aromatic rings. The molecule has 2 fully saturated rings. The van der Waals surface area contributed by atoms with Gasteiger partial charge < -0.3 is 10.6 Å². The van der Waals surface area contributed by atoms with Gasteiger partial charge in [-0.3, -0.25) is 0 Å². The van der Waals surface area contributed by atoms with Crippen LogP contribution in [0.4, 0.5) is 0 Å². The first kappa shape index (κ1) is 12.4. The Hall–Kier alpha value is -0.0800. The van der Waals surface area contributed by atoms with Crippen molar-refractivity contribution in [3.8, 4) is 0 Å². The Morgan fingerprint density at radius 1 is 1.06 bits per heavy atom. The highest BCUT2D eigenvalue weighted by Crippen LogP contribution is 2.28. The highest BCUT2D eigenvalue weighted by Gasteiger charge is 2.26. The Morgan fingerprint density at radius 2 is 1.94 bits per heavy atom. The molecule has 3 atom stereocenters. The molecule has 16 heavy (non-hydrogen) atoms. The second kappa shape index (κ2) is 6.02. The Morgan fingerprint density at radius 3 is 2.75 bits per heavy atom. The molecule has 0 aromatic heterocycles. The summed E-state index contributed by atoms with van der Waals surface area (Å²) in [7, 11) is 0. The molecule has 2 N–H and O–H groups in total. The zero-order valence-electron chi connectivity index (χ0n) is 10.8. The second-order valence-electron chi connectivity index (χ2n) is 6.01. The molecule has 1 aliphatic heterocycles. The topological polar surface area (TPSA) is 29.3 Å². The molecule has 2 rings (SSSR count). The van der Waals surface area contributed by atoms with Crippen molar-refractivity contribution in [1.82, 2.24) is 4.90 Å². The van der Waals surface area contributed by atoms with Crippen LogP contribution in [-0.2, 0) is 0 Å². The van der Waals surface area contributed by atoms with E-state index >= 15 is 0 Å². The lowest BCUT2D eigenvalue weighted by molar-refractivity contribution is 0.114. The minimum Gasteiger partial charge on any atom is -0.330 e. The lowest BCUT2D eigenvalue weighted by Gasteiger charge is -2.37. The lowest BCUT2D eigenvalue weighted by atomic mass is 9.95. The minimum atomic E-state index is 0.773. The zero-order chi connectivity index (χ0) is 11.4. The van der Waals surface area contributed by atoms with E-state index in [2.05, 4.69) is 11.8 Å². The van der Waals surface area contributed by atoms with Crippen LogP contribution in [0.5, 0.6) is 0 Å². The number of nitrogens with two attached hydrogens (primary N) is 1. The second-order valence-corrected chi connectivity index (χ2v) is 6.01. The molecule has 0 radical (unpaired) electrons. The Labute approximate surface area is 101 Å². The molecule has 0 amide bonds. The number of hydrogen-bond donors (Lipinski definition) is 1. The maximum absolute atomic E-state index is 5.82. The quantitative estimate of drug-likeness (QED) is 0.731. The number of likely N-dealkylation sites (tertiary alicyclic amines) is 1. The van der Waals surface area contributed by atoms with E-state index in [1.54, 1.807) is 0 Å². The van der Waals surface area contributed by atoms with Crippen molar-refractivity contribution in [2.24, 2.45) is 17.6 Å². The van der Waals surface area contributed by atoms with E-state index in [9.17, 15) is 0 Å². The predicted molar refractivity (Wildman–Crippen MR) is 69.4 cm³/mol. The van der Waals surface area contributed by atoms with Crippen LogP contribution in [-0.4, -0.2) is 30.6 Å². The van der Waals surface area contributed by atoms with E-state index < -0.39 is 0 Å². The fourth-order valence-electron chi connectivity index (χ4n) is 3.45. The first-order chi connectivity index (χ1) is 7.79. The normalized spacial score (nSPS) is 38.2. The van der Waals surface area contributed by atoms with Crippen molar-refractivity contribution < 1.29 is 0 Å². The standard InChI is InChI=1S/C14H28N2/c1-12-4-2-6-14(8-7-12)16-9-3-5-13(10-15)11-16/h12-14H,2-11,15H2,1H3. The number of nitrogens with zero attached hydrogens (tertiary/aromatic N) is 1. The van der Waals surface area contributed by atoms with Crippen molar-refractivity contribution >= 4 is 0 Å². The summed E-state index contributed by atoms with van der Waals surface area (Å²) in [5, 5.41) is 0. The SMILES string of the molecule is CC1CCCC(N2CCCC(CN)C2)CC1. The summed E-state index contributed by atoms with van der Waals surface area (Å²) in [6.45, 7) is 5.91. The van der Waals surface area contributed by atoms with E-state index in [0.29, 0.717) is 0 Å². The van der Waals surface area contributed by atoms with Crippen LogP contribution in [0.1, 0.15) is 51.9 Å². The van der Waals surface area contributed by atoms with Crippen molar-refractivity contribution in [2.75, 3.05) is 19.6 Å². The monoisotopic (exact) mass is 224 g/mol. The molecule has 1 aliphatic carbocycles. The van der Waals surface area contributed by atoms with Crippen molar-refractivity contribution in [3.05, 3.63) is 0 Å². The van der Waals surface area contributed by atoms with Gasteiger partial charge in [0.05, 0.1) is 0 Å². The average molecular weight is 224 g/mol. The first-order valence-electron chi connectivity index (χ1n) is 7.23. The maximum Gasteiger partial charge on any atom is 0.00954 e. The van der Waals surface area contributed by atoms with E-state index in [-0.39, 0.29) is 0 Å². The Balaban J connectivity index is 1.85. The summed E-state index contributed by atoms with van der Waals surface area (Å²) < 4.78 is 0. The third-order valence-corrected chi connectivity index (χ3v) is 4.63. The number of rotatable bonds is 2. The van der Waals surface area contributed by atoms with Crippen LogP contribution in [0.3, 0.4) is 0 Å². The molecule has 1 saturated heterocycles. The molecule has 0 bridgehead atoms. The minimum absolute atomic E-state index is 0.773. The third kappa shape index (κ3) is 3.21. The van der Waals surface area contributed by atoms with Crippen molar-refractivity contribution in [2.45, 2.75) is 57.9 Å². The lowest BCUT2D eigenvalue weighted by Crippen LogP contribution is -2.44. The molecule has 2 aliphatic rings. The van der Waals surface area contributed by atoms with Crippen LogP contribution < -0.4 is 5.73 Å². The average Bonchev–Trinajstić information content (AvgIpc) is 2.54. The van der Waals surface area contributed by atoms with Gasteiger partial charge in [0.25, 0.3) is 0 Å². The summed E-state index contributed by atoms with van der Waals surface area (Å²) in [5.41, 5.74) is 5.82. The third-order valence-electron chi connectivity index (χ3n) is 4.63. The first-order valence-corrected chi connectivity index (χ1v) is 7.23. The van der Waals surface area contributed by atoms with E-state index in [1.807, 2.05) is 0 Å². The largest absolute Gasteiger partial charge is 0.330 e. The van der Waals surface area contributed by atoms with Gasteiger partial charge in [-0.15, -0.1) is 0 Å². The summed E-state index contributed by atoms with van der Waals surface area (Å²) in [5.74, 6) is 1.73. The number of piperidine rings is 1. The van der Waals surface area contributed by atoms with Crippen LogP contribution in [0.25, 0.3) is 0 Å². The molecule has 0 spiro atoms. The fourth-order valence-corrected chi connectivity index (χ4v) is 3.45. The van der Waals surface area contributed by atoms with Gasteiger partial charge >= 0.3 is 0 Å². The molecule has 2 nitrogen and oxygen atoms in total. The molecule has 1 saturated carbocycles. The van der Waals surface area contributed by atoms with Gasteiger partial charge in [0.2, 0.25) is 0 Å². The van der Waals surface area contributed by atoms with Gasteiger partial charge in [-0.1, -0.05) is 19.8 Å². The molecule has 0 aromatic carbocycles. The Kier molecular flexibility index (Phi) is 4.66. The summed E-state index contributed by atoms with van der Waals surface area (Å²) in [4.78, 5) is 2.75. The van der Waals surface area contributed by atoms with Gasteiger partial charge in [-0.2, -0.15) is 0 Å². The number of hydrogen-bond acceptors (Lipinski definition) is 2. The maximum atomic E-state index is 5.82. The van der Waals surface area contributed by atoms with Crippen molar-refractivity contribution in [3.63, 3.8) is 0 Å². The zero-order valence-corrected chi connectivity index (χ0v) is 10.8. The van der Waals surface area contributed by atoms with E-state index in [0.717, 1.165) is 24.4 Å². The van der Waals surface area contributed by atoms with Gasteiger partial charge in [0.15, 0.2) is 0 Å². The molecular weight excluding hydrogens is 196 g/mol. The molecular formula is C14H28N2. The van der Waals surface area contributed by atoms with Crippen molar-refractivity contribution in [1.29, 1.82) is 0 Å². The van der Waals surface area contributed by atoms with Gasteiger partial charge in [0, 0.05) is 12.6 Å². The van der Waals surface area contributed by atoms with Crippen LogP contribution in [0, 0.1) is 11.8 Å². The molecule has 1 heterocycles. The molecule has 3 unspecified atom stereocenters. The summed E-state index contributed by atoms with van der Waals surface area (Å²) in [6, 6.07) is 0.874. The highest BCUT2D eigenvalue weighted by molar-refractivity contribution is 4.81. The van der Waals surface area contributed by atoms with E-state index in [1.165, 1.54) is 58.0 Å². The summed E-state index contributed by atoms with van der Waals surface area (Å²) >= 11 is 0. The highest BCUT2D eigenvalue weighted by atomic mass is 15.2. The fraction of sp³-hybridized carbons (Fsp3) is 1.00. The van der Waals surface area contributed by atoms with Crippen LogP contribution >= 0.6 is 0 Å². The van der Waals surface area contributed by atoms with E-state index in [4.69, 9.17) is 5.73 Å². The Bertz CT molecular complexity index is 205. The van der Waals surface area contributed by atoms with Gasteiger partial charge in [-0.25, -0.2) is 0 Å². The van der Waals surface area contributed by atoms with Gasteiger partial charge in [0.1, 0.15) is 0 Å². The smallest absolute Gasteiger partial charge is 0.00954 e. The predicted octanol–water partition coefficient (Wildman–Crippen LogP) is 2.63. The van der Waals surface area contributed by atoms with Gasteiger partial charge in [-0.05, 0) is 57.0 Å².